The van der Waals surface area contributed by atoms with Crippen LogP contribution in [0.1, 0.15) is 13.3 Å². The van der Waals surface area contributed by atoms with Gasteiger partial charge in [-0.25, -0.2) is 4.98 Å². The molecule has 15 heavy (non-hydrogen) atoms. The van der Waals surface area contributed by atoms with Gasteiger partial charge in [0.15, 0.2) is 0 Å². The standard InChI is InChI=1S/C10H14N4S/c1-3-5-14(2)8-7-4-6-15-9(7)13-10(11)12-8/h4,6H,3,5H2,1-2H3,(H2,11,12,13). The number of nitrogen functional groups attached to an aromatic ring is 1. The second-order valence-electron chi connectivity index (χ2n) is 3.47. The van der Waals surface area contributed by atoms with Crippen LogP contribution in [0.2, 0.25) is 0 Å². The van der Waals surface area contributed by atoms with Gasteiger partial charge in [0.1, 0.15) is 10.6 Å². The van der Waals surface area contributed by atoms with Gasteiger partial charge in [-0.05, 0) is 17.9 Å². The molecule has 5 heteroatoms. The van der Waals surface area contributed by atoms with Crippen molar-refractivity contribution in [3.63, 3.8) is 0 Å². The third kappa shape index (κ3) is 1.87. The molecule has 0 atom stereocenters. The molecule has 80 valence electrons. The number of thiophene rings is 1. The number of hydrogen-bond acceptors (Lipinski definition) is 5. The summed E-state index contributed by atoms with van der Waals surface area (Å²) in [7, 11) is 2.03. The molecule has 2 N–H and O–H groups in total. The molecule has 2 heterocycles. The molecule has 0 saturated heterocycles. The second kappa shape index (κ2) is 4.02. The predicted octanol–water partition coefficient (Wildman–Crippen LogP) is 2.12. The fraction of sp³-hybridized carbons (Fsp3) is 0.400. The van der Waals surface area contributed by atoms with Crippen molar-refractivity contribution in [1.82, 2.24) is 9.97 Å². The first kappa shape index (κ1) is 10.2. The summed E-state index contributed by atoms with van der Waals surface area (Å²) >= 11 is 1.59. The van der Waals surface area contributed by atoms with Crippen molar-refractivity contribution in [1.29, 1.82) is 0 Å². The molecule has 0 aliphatic heterocycles. The largest absolute Gasteiger partial charge is 0.368 e. The van der Waals surface area contributed by atoms with Crippen LogP contribution in [0.15, 0.2) is 11.4 Å². The lowest BCUT2D eigenvalue weighted by Crippen LogP contribution is -2.19. The Labute approximate surface area is 92.8 Å². The Bertz CT molecular complexity index is 465. The Morgan fingerprint density at radius 2 is 2.27 bits per heavy atom. The zero-order valence-corrected chi connectivity index (χ0v) is 9.71. The summed E-state index contributed by atoms with van der Waals surface area (Å²) in [5, 5.41) is 3.10. The van der Waals surface area contributed by atoms with Gasteiger partial charge in [0.25, 0.3) is 0 Å². The van der Waals surface area contributed by atoms with Gasteiger partial charge in [-0.2, -0.15) is 4.98 Å². The van der Waals surface area contributed by atoms with E-state index in [0.29, 0.717) is 5.95 Å². The highest BCUT2D eigenvalue weighted by Crippen LogP contribution is 2.27. The van der Waals surface area contributed by atoms with E-state index >= 15 is 0 Å². The third-order valence-electron chi connectivity index (χ3n) is 2.24. The second-order valence-corrected chi connectivity index (χ2v) is 4.36. The Hall–Kier alpha value is -1.36. The molecule has 0 aromatic carbocycles. The monoisotopic (exact) mass is 222 g/mol. The molecule has 2 aromatic heterocycles. The van der Waals surface area contributed by atoms with E-state index in [9.17, 15) is 0 Å². The van der Waals surface area contributed by atoms with Gasteiger partial charge >= 0.3 is 0 Å². The summed E-state index contributed by atoms with van der Waals surface area (Å²) in [5.41, 5.74) is 5.68. The van der Waals surface area contributed by atoms with Crippen LogP contribution < -0.4 is 10.6 Å². The van der Waals surface area contributed by atoms with Crippen LogP contribution in [0.3, 0.4) is 0 Å². The van der Waals surface area contributed by atoms with E-state index in [4.69, 9.17) is 5.73 Å². The van der Waals surface area contributed by atoms with E-state index in [-0.39, 0.29) is 0 Å². The van der Waals surface area contributed by atoms with Crippen molar-refractivity contribution < 1.29 is 0 Å². The SMILES string of the molecule is CCCN(C)c1nc(N)nc2sccc12. The van der Waals surface area contributed by atoms with Crippen molar-refractivity contribution in [2.45, 2.75) is 13.3 Å². The molecular formula is C10H14N4S. The van der Waals surface area contributed by atoms with Gasteiger partial charge in [-0.15, -0.1) is 11.3 Å². The van der Waals surface area contributed by atoms with Crippen LogP contribution >= 0.6 is 11.3 Å². The van der Waals surface area contributed by atoms with Gasteiger partial charge in [-0.3, -0.25) is 0 Å². The number of anilines is 2. The van der Waals surface area contributed by atoms with Gasteiger partial charge < -0.3 is 10.6 Å². The molecule has 0 spiro atoms. The lowest BCUT2D eigenvalue weighted by atomic mass is 10.3. The fourth-order valence-electron chi connectivity index (χ4n) is 1.59. The van der Waals surface area contributed by atoms with Gasteiger partial charge in [0.2, 0.25) is 5.95 Å². The minimum atomic E-state index is 0.350. The molecule has 4 nitrogen and oxygen atoms in total. The molecule has 0 aliphatic rings. The van der Waals surface area contributed by atoms with Gasteiger partial charge in [-0.1, -0.05) is 6.92 Å². The van der Waals surface area contributed by atoms with Crippen LogP contribution in [0.5, 0.6) is 0 Å². The lowest BCUT2D eigenvalue weighted by Gasteiger charge is -2.17. The average Bonchev–Trinajstić information content (AvgIpc) is 2.64. The summed E-state index contributed by atoms with van der Waals surface area (Å²) < 4.78 is 0. The number of nitrogens with zero attached hydrogens (tertiary/aromatic N) is 3. The van der Waals surface area contributed by atoms with Gasteiger partial charge in [0, 0.05) is 13.6 Å². The highest BCUT2D eigenvalue weighted by Gasteiger charge is 2.10. The predicted molar refractivity (Wildman–Crippen MR) is 65.4 cm³/mol. The van der Waals surface area contributed by atoms with E-state index in [1.54, 1.807) is 11.3 Å². The number of nitrogens with two attached hydrogens (primary N) is 1. The molecule has 0 saturated carbocycles. The number of fused-ring (bicyclic) bond motifs is 1. The Kier molecular flexibility index (Phi) is 2.73. The molecule has 0 fully saturated rings. The van der Waals surface area contributed by atoms with E-state index in [1.165, 1.54) is 0 Å². The maximum Gasteiger partial charge on any atom is 0.223 e. The summed E-state index contributed by atoms with van der Waals surface area (Å²) in [4.78, 5) is 11.6. The van der Waals surface area contributed by atoms with Gasteiger partial charge in [0.05, 0.1) is 5.39 Å². The van der Waals surface area contributed by atoms with E-state index in [2.05, 4.69) is 21.8 Å². The minimum absolute atomic E-state index is 0.350. The molecule has 0 unspecified atom stereocenters. The normalized spacial score (nSPS) is 10.8. The summed E-state index contributed by atoms with van der Waals surface area (Å²) in [6.07, 6.45) is 1.09. The minimum Gasteiger partial charge on any atom is -0.368 e. The highest BCUT2D eigenvalue weighted by molar-refractivity contribution is 7.16. The molecule has 0 amide bonds. The van der Waals surface area contributed by atoms with Crippen molar-refractivity contribution >= 4 is 33.3 Å². The zero-order valence-electron chi connectivity index (χ0n) is 8.90. The van der Waals surface area contributed by atoms with E-state index in [1.807, 2.05) is 18.5 Å². The Balaban J connectivity index is 2.52. The van der Waals surface area contributed by atoms with Crippen molar-refractivity contribution in [3.8, 4) is 0 Å². The summed E-state index contributed by atoms with van der Waals surface area (Å²) in [6, 6.07) is 2.04. The summed E-state index contributed by atoms with van der Waals surface area (Å²) in [5.74, 6) is 1.28. The Morgan fingerprint density at radius 1 is 1.47 bits per heavy atom. The van der Waals surface area contributed by atoms with Crippen molar-refractivity contribution in [3.05, 3.63) is 11.4 Å². The number of rotatable bonds is 3. The quantitative estimate of drug-likeness (QED) is 0.864. The highest BCUT2D eigenvalue weighted by atomic mass is 32.1. The average molecular weight is 222 g/mol. The topological polar surface area (TPSA) is 55.0 Å². The van der Waals surface area contributed by atoms with Crippen LogP contribution in [0.4, 0.5) is 11.8 Å². The molecule has 2 aromatic rings. The maximum absolute atomic E-state index is 5.68. The van der Waals surface area contributed by atoms with Crippen LogP contribution in [-0.4, -0.2) is 23.6 Å². The number of hydrogen-bond donors (Lipinski definition) is 1. The molecular weight excluding hydrogens is 208 g/mol. The fourth-order valence-corrected chi connectivity index (χ4v) is 2.35. The maximum atomic E-state index is 5.68. The summed E-state index contributed by atoms with van der Waals surface area (Å²) in [6.45, 7) is 3.12. The molecule has 0 aliphatic carbocycles. The van der Waals surface area contributed by atoms with Crippen LogP contribution in [-0.2, 0) is 0 Å². The van der Waals surface area contributed by atoms with Crippen LogP contribution in [0, 0.1) is 0 Å². The molecule has 0 radical (unpaired) electrons. The Morgan fingerprint density at radius 3 is 3.00 bits per heavy atom. The number of aromatic nitrogens is 2. The molecule has 0 bridgehead atoms. The van der Waals surface area contributed by atoms with E-state index < -0.39 is 0 Å². The first-order valence-electron chi connectivity index (χ1n) is 4.94. The van der Waals surface area contributed by atoms with Crippen molar-refractivity contribution in [2.24, 2.45) is 0 Å². The molecule has 2 rings (SSSR count). The first-order valence-corrected chi connectivity index (χ1v) is 5.82. The van der Waals surface area contributed by atoms with Crippen LogP contribution in [0.25, 0.3) is 10.2 Å². The first-order chi connectivity index (χ1) is 7.22. The third-order valence-corrected chi connectivity index (χ3v) is 3.05. The lowest BCUT2D eigenvalue weighted by molar-refractivity contribution is 0.841. The smallest absolute Gasteiger partial charge is 0.223 e. The van der Waals surface area contributed by atoms with E-state index in [0.717, 1.165) is 29.0 Å². The van der Waals surface area contributed by atoms with Crippen molar-refractivity contribution in [2.75, 3.05) is 24.2 Å². The zero-order chi connectivity index (χ0) is 10.8.